The number of nitrogens with one attached hydrogen (secondary N) is 1. The molecular formula is C17H28N2O. The van der Waals surface area contributed by atoms with Crippen LogP contribution in [-0.2, 0) is 4.74 Å². The highest BCUT2D eigenvalue weighted by atomic mass is 16.5. The molecule has 1 aromatic carbocycles. The summed E-state index contributed by atoms with van der Waals surface area (Å²) in [5.74, 6) is 0.591. The second-order valence-corrected chi connectivity index (χ2v) is 5.83. The SMILES string of the molecule is CCNC(c1ccccc1)C(C)CN1CCC(OC)C1. The number of likely N-dealkylation sites (tertiary alicyclic amines) is 1. The molecule has 20 heavy (non-hydrogen) atoms. The third-order valence-corrected chi connectivity index (χ3v) is 4.26. The van der Waals surface area contributed by atoms with Crippen molar-refractivity contribution in [3.8, 4) is 0 Å². The Morgan fingerprint density at radius 1 is 1.35 bits per heavy atom. The molecule has 0 aromatic heterocycles. The van der Waals surface area contributed by atoms with Crippen LogP contribution in [0.15, 0.2) is 30.3 Å². The van der Waals surface area contributed by atoms with Crippen LogP contribution in [0.3, 0.4) is 0 Å². The van der Waals surface area contributed by atoms with E-state index in [-0.39, 0.29) is 0 Å². The summed E-state index contributed by atoms with van der Waals surface area (Å²) in [4.78, 5) is 2.53. The molecule has 0 bridgehead atoms. The predicted octanol–water partition coefficient (Wildman–Crippen LogP) is 2.69. The lowest BCUT2D eigenvalue weighted by atomic mass is 9.94. The van der Waals surface area contributed by atoms with Crippen LogP contribution in [0.2, 0.25) is 0 Å². The Morgan fingerprint density at radius 2 is 2.10 bits per heavy atom. The monoisotopic (exact) mass is 276 g/mol. The fraction of sp³-hybridized carbons (Fsp3) is 0.647. The molecule has 0 aliphatic carbocycles. The lowest BCUT2D eigenvalue weighted by Gasteiger charge is -2.29. The van der Waals surface area contributed by atoms with Crippen molar-refractivity contribution >= 4 is 0 Å². The van der Waals surface area contributed by atoms with Crippen molar-refractivity contribution in [3.63, 3.8) is 0 Å². The van der Waals surface area contributed by atoms with Gasteiger partial charge in [0.05, 0.1) is 6.10 Å². The smallest absolute Gasteiger partial charge is 0.0710 e. The average molecular weight is 276 g/mol. The number of benzene rings is 1. The maximum Gasteiger partial charge on any atom is 0.0710 e. The maximum atomic E-state index is 5.46. The van der Waals surface area contributed by atoms with Crippen LogP contribution >= 0.6 is 0 Å². The minimum atomic E-state index is 0.427. The Kier molecular flexibility index (Phi) is 6.02. The van der Waals surface area contributed by atoms with E-state index in [2.05, 4.69) is 54.4 Å². The van der Waals surface area contributed by atoms with Crippen LogP contribution in [0.4, 0.5) is 0 Å². The van der Waals surface area contributed by atoms with Crippen molar-refractivity contribution in [2.75, 3.05) is 33.3 Å². The van der Waals surface area contributed by atoms with E-state index in [1.807, 2.05) is 7.11 Å². The first kappa shape index (κ1) is 15.5. The summed E-state index contributed by atoms with van der Waals surface area (Å²) in [5.41, 5.74) is 1.39. The number of ether oxygens (including phenoxy) is 1. The Morgan fingerprint density at radius 3 is 2.70 bits per heavy atom. The highest BCUT2D eigenvalue weighted by Crippen LogP contribution is 2.24. The van der Waals surface area contributed by atoms with Crippen molar-refractivity contribution in [3.05, 3.63) is 35.9 Å². The molecule has 0 saturated carbocycles. The van der Waals surface area contributed by atoms with Gasteiger partial charge in [-0.1, -0.05) is 44.2 Å². The molecule has 3 atom stereocenters. The van der Waals surface area contributed by atoms with E-state index in [9.17, 15) is 0 Å². The molecule has 1 fully saturated rings. The molecule has 0 radical (unpaired) electrons. The zero-order valence-corrected chi connectivity index (χ0v) is 13.0. The van der Waals surface area contributed by atoms with Crippen LogP contribution in [0.1, 0.15) is 31.9 Å². The third-order valence-electron chi connectivity index (χ3n) is 4.26. The molecule has 2 rings (SSSR count). The number of rotatable bonds is 7. The molecule has 1 aromatic rings. The number of nitrogens with zero attached hydrogens (tertiary/aromatic N) is 1. The first-order valence-corrected chi connectivity index (χ1v) is 7.78. The summed E-state index contributed by atoms with van der Waals surface area (Å²) in [5, 5.41) is 3.64. The minimum Gasteiger partial charge on any atom is -0.380 e. The van der Waals surface area contributed by atoms with Gasteiger partial charge in [-0.05, 0) is 24.4 Å². The van der Waals surface area contributed by atoms with E-state index in [0.717, 1.165) is 26.2 Å². The molecular weight excluding hydrogens is 248 g/mol. The van der Waals surface area contributed by atoms with E-state index in [4.69, 9.17) is 4.74 Å². The first-order valence-electron chi connectivity index (χ1n) is 7.78. The lowest BCUT2D eigenvalue weighted by molar-refractivity contribution is 0.105. The lowest BCUT2D eigenvalue weighted by Crippen LogP contribution is -2.35. The normalized spacial score (nSPS) is 22.9. The summed E-state index contributed by atoms with van der Waals surface area (Å²) >= 11 is 0. The van der Waals surface area contributed by atoms with Crippen LogP contribution in [-0.4, -0.2) is 44.3 Å². The summed E-state index contributed by atoms with van der Waals surface area (Å²) in [6.45, 7) is 8.90. The van der Waals surface area contributed by atoms with Gasteiger partial charge in [0.1, 0.15) is 0 Å². The molecule has 3 unspecified atom stereocenters. The molecule has 0 amide bonds. The largest absolute Gasteiger partial charge is 0.380 e. The topological polar surface area (TPSA) is 24.5 Å². The van der Waals surface area contributed by atoms with Crippen LogP contribution in [0.25, 0.3) is 0 Å². The highest BCUT2D eigenvalue weighted by Gasteiger charge is 2.26. The summed E-state index contributed by atoms with van der Waals surface area (Å²) in [6, 6.07) is 11.2. The van der Waals surface area contributed by atoms with Crippen molar-refractivity contribution in [2.24, 2.45) is 5.92 Å². The fourth-order valence-corrected chi connectivity index (χ4v) is 3.20. The van der Waals surface area contributed by atoms with E-state index >= 15 is 0 Å². The van der Waals surface area contributed by atoms with Gasteiger partial charge in [-0.15, -0.1) is 0 Å². The minimum absolute atomic E-state index is 0.427. The highest BCUT2D eigenvalue weighted by molar-refractivity contribution is 5.19. The Balaban J connectivity index is 1.95. The maximum absolute atomic E-state index is 5.46. The van der Waals surface area contributed by atoms with Crippen molar-refractivity contribution in [2.45, 2.75) is 32.4 Å². The molecule has 112 valence electrons. The van der Waals surface area contributed by atoms with Gasteiger partial charge < -0.3 is 15.0 Å². The second-order valence-electron chi connectivity index (χ2n) is 5.83. The number of methoxy groups -OCH3 is 1. The van der Waals surface area contributed by atoms with Gasteiger partial charge in [0, 0.05) is 32.8 Å². The first-order chi connectivity index (χ1) is 9.74. The summed E-state index contributed by atoms with van der Waals surface area (Å²) in [7, 11) is 1.82. The van der Waals surface area contributed by atoms with E-state index in [0.29, 0.717) is 18.1 Å². The molecule has 0 spiro atoms. The van der Waals surface area contributed by atoms with Crippen molar-refractivity contribution in [1.82, 2.24) is 10.2 Å². The van der Waals surface area contributed by atoms with Gasteiger partial charge in [0.15, 0.2) is 0 Å². The Labute approximate surface area is 123 Å². The zero-order chi connectivity index (χ0) is 14.4. The van der Waals surface area contributed by atoms with Gasteiger partial charge in [-0.25, -0.2) is 0 Å². The predicted molar refractivity (Wildman–Crippen MR) is 83.9 cm³/mol. The van der Waals surface area contributed by atoms with Crippen LogP contribution in [0, 0.1) is 5.92 Å². The van der Waals surface area contributed by atoms with E-state index < -0.39 is 0 Å². The van der Waals surface area contributed by atoms with Gasteiger partial charge in [0.25, 0.3) is 0 Å². The van der Waals surface area contributed by atoms with Gasteiger partial charge in [0.2, 0.25) is 0 Å². The van der Waals surface area contributed by atoms with Crippen LogP contribution < -0.4 is 5.32 Å². The molecule has 1 aliphatic rings. The Hall–Kier alpha value is -0.900. The quantitative estimate of drug-likeness (QED) is 0.828. The average Bonchev–Trinajstić information content (AvgIpc) is 2.93. The molecule has 1 aliphatic heterocycles. The number of hydrogen-bond acceptors (Lipinski definition) is 3. The second kappa shape index (κ2) is 7.77. The van der Waals surface area contributed by atoms with Gasteiger partial charge >= 0.3 is 0 Å². The van der Waals surface area contributed by atoms with Crippen molar-refractivity contribution < 1.29 is 4.74 Å². The van der Waals surface area contributed by atoms with Gasteiger partial charge in [-0.3, -0.25) is 0 Å². The summed E-state index contributed by atoms with van der Waals surface area (Å²) < 4.78 is 5.46. The molecule has 1 N–H and O–H groups in total. The van der Waals surface area contributed by atoms with Crippen LogP contribution in [0.5, 0.6) is 0 Å². The van der Waals surface area contributed by atoms with E-state index in [1.54, 1.807) is 0 Å². The molecule has 1 saturated heterocycles. The molecule has 3 heteroatoms. The Bertz CT molecular complexity index is 382. The molecule has 3 nitrogen and oxygen atoms in total. The van der Waals surface area contributed by atoms with E-state index in [1.165, 1.54) is 12.0 Å². The van der Waals surface area contributed by atoms with Gasteiger partial charge in [-0.2, -0.15) is 0 Å². The summed E-state index contributed by atoms with van der Waals surface area (Å²) in [6.07, 6.45) is 1.59. The number of hydrogen-bond donors (Lipinski definition) is 1. The molecule has 1 heterocycles. The zero-order valence-electron chi connectivity index (χ0n) is 13.0. The fourth-order valence-electron chi connectivity index (χ4n) is 3.20. The third kappa shape index (κ3) is 4.05. The van der Waals surface area contributed by atoms with Crippen molar-refractivity contribution in [1.29, 1.82) is 0 Å². The standard InChI is InChI=1S/C17H28N2O/c1-4-18-17(15-8-6-5-7-9-15)14(2)12-19-11-10-16(13-19)20-3/h5-9,14,16-18H,4,10-13H2,1-3H3.